The van der Waals surface area contributed by atoms with E-state index in [4.69, 9.17) is 15.2 Å². The number of methoxy groups -OCH3 is 1. The summed E-state index contributed by atoms with van der Waals surface area (Å²) in [7, 11) is 1.71. The average Bonchev–Trinajstić information content (AvgIpc) is 2.18. The van der Waals surface area contributed by atoms with Crippen LogP contribution in [0.15, 0.2) is 18.2 Å². The maximum atomic E-state index is 5.78. The summed E-state index contributed by atoms with van der Waals surface area (Å²) < 4.78 is 10.8. The first-order valence-corrected chi connectivity index (χ1v) is 4.37. The standard InChI is InChI=1S/C10H13NO2/c1-12-9-5-6-13-10-7(9)3-2-4-8(10)11/h2-4,9H,5-6,11H2,1H3/t9-/m1/s1. The number of anilines is 1. The number of hydrogen-bond acceptors (Lipinski definition) is 3. The van der Waals surface area contributed by atoms with E-state index in [0.717, 1.165) is 17.7 Å². The quantitative estimate of drug-likeness (QED) is 0.668. The van der Waals surface area contributed by atoms with Gasteiger partial charge in [0.15, 0.2) is 0 Å². The molecule has 1 heterocycles. The zero-order chi connectivity index (χ0) is 9.26. The van der Waals surface area contributed by atoms with Crippen LogP contribution in [0.3, 0.4) is 0 Å². The lowest BCUT2D eigenvalue weighted by Crippen LogP contribution is -2.16. The molecule has 0 radical (unpaired) electrons. The SMILES string of the molecule is CO[C@@H]1CCOc2c(N)cccc21. The van der Waals surface area contributed by atoms with E-state index in [2.05, 4.69) is 0 Å². The first-order chi connectivity index (χ1) is 6.33. The van der Waals surface area contributed by atoms with Gasteiger partial charge in [0, 0.05) is 19.1 Å². The molecular weight excluding hydrogens is 166 g/mol. The summed E-state index contributed by atoms with van der Waals surface area (Å²) in [6.07, 6.45) is 1.03. The lowest BCUT2D eigenvalue weighted by Gasteiger charge is -2.25. The second kappa shape index (κ2) is 3.26. The highest BCUT2D eigenvalue weighted by atomic mass is 16.5. The van der Waals surface area contributed by atoms with Crippen LogP contribution in [-0.4, -0.2) is 13.7 Å². The van der Waals surface area contributed by atoms with Crippen molar-refractivity contribution in [3.8, 4) is 5.75 Å². The van der Waals surface area contributed by atoms with E-state index in [-0.39, 0.29) is 6.10 Å². The Balaban J connectivity index is 2.45. The second-order valence-corrected chi connectivity index (χ2v) is 3.13. The normalized spacial score (nSPS) is 20.5. The molecule has 0 bridgehead atoms. The maximum Gasteiger partial charge on any atom is 0.147 e. The molecule has 1 atom stereocenters. The van der Waals surface area contributed by atoms with Crippen molar-refractivity contribution < 1.29 is 9.47 Å². The summed E-state index contributed by atoms with van der Waals surface area (Å²) >= 11 is 0. The number of benzene rings is 1. The van der Waals surface area contributed by atoms with Crippen LogP contribution in [0.4, 0.5) is 5.69 Å². The Morgan fingerprint density at radius 3 is 3.15 bits per heavy atom. The summed E-state index contributed by atoms with van der Waals surface area (Å²) in [6.45, 7) is 0.680. The van der Waals surface area contributed by atoms with Gasteiger partial charge in [0.25, 0.3) is 0 Å². The largest absolute Gasteiger partial charge is 0.491 e. The summed E-state index contributed by atoms with van der Waals surface area (Å²) in [5.74, 6) is 0.792. The minimum Gasteiger partial charge on any atom is -0.491 e. The lowest BCUT2D eigenvalue weighted by molar-refractivity contribution is 0.0640. The topological polar surface area (TPSA) is 44.5 Å². The molecular formula is C10H13NO2. The van der Waals surface area contributed by atoms with Crippen molar-refractivity contribution in [3.63, 3.8) is 0 Å². The Bertz CT molecular complexity index is 312. The Hall–Kier alpha value is -1.22. The van der Waals surface area contributed by atoms with Gasteiger partial charge in [0.2, 0.25) is 0 Å². The van der Waals surface area contributed by atoms with Gasteiger partial charge < -0.3 is 15.2 Å². The molecule has 0 saturated heterocycles. The second-order valence-electron chi connectivity index (χ2n) is 3.13. The van der Waals surface area contributed by atoms with Gasteiger partial charge in [-0.25, -0.2) is 0 Å². The van der Waals surface area contributed by atoms with Crippen LogP contribution in [0.1, 0.15) is 18.1 Å². The van der Waals surface area contributed by atoms with Gasteiger partial charge in [-0.1, -0.05) is 12.1 Å². The Labute approximate surface area is 77.5 Å². The lowest BCUT2D eigenvalue weighted by atomic mass is 10.0. The van der Waals surface area contributed by atoms with E-state index in [1.807, 2.05) is 18.2 Å². The Morgan fingerprint density at radius 1 is 1.54 bits per heavy atom. The molecule has 1 aliphatic heterocycles. The third-order valence-corrected chi connectivity index (χ3v) is 2.33. The Kier molecular flexibility index (Phi) is 2.10. The molecule has 1 aliphatic rings. The molecule has 0 fully saturated rings. The monoisotopic (exact) mass is 179 g/mol. The first-order valence-electron chi connectivity index (χ1n) is 4.37. The molecule has 2 N–H and O–H groups in total. The summed E-state index contributed by atoms with van der Waals surface area (Å²) in [4.78, 5) is 0. The summed E-state index contributed by atoms with van der Waals surface area (Å²) in [5, 5.41) is 0. The van der Waals surface area contributed by atoms with E-state index < -0.39 is 0 Å². The van der Waals surface area contributed by atoms with Gasteiger partial charge in [-0.2, -0.15) is 0 Å². The number of rotatable bonds is 1. The van der Waals surface area contributed by atoms with Crippen molar-refractivity contribution in [1.29, 1.82) is 0 Å². The molecule has 1 aromatic rings. The third-order valence-electron chi connectivity index (χ3n) is 2.33. The molecule has 13 heavy (non-hydrogen) atoms. The molecule has 3 nitrogen and oxygen atoms in total. The van der Waals surface area contributed by atoms with Gasteiger partial charge in [0.1, 0.15) is 5.75 Å². The van der Waals surface area contributed by atoms with Gasteiger partial charge in [-0.3, -0.25) is 0 Å². The van der Waals surface area contributed by atoms with Crippen LogP contribution in [0.25, 0.3) is 0 Å². The first kappa shape index (κ1) is 8.38. The van der Waals surface area contributed by atoms with Crippen molar-refractivity contribution in [2.45, 2.75) is 12.5 Å². The van der Waals surface area contributed by atoms with Crippen molar-refractivity contribution in [3.05, 3.63) is 23.8 Å². The highest BCUT2D eigenvalue weighted by Crippen LogP contribution is 2.37. The molecule has 0 aromatic heterocycles. The fourth-order valence-corrected chi connectivity index (χ4v) is 1.66. The fourth-order valence-electron chi connectivity index (χ4n) is 1.66. The average molecular weight is 179 g/mol. The third kappa shape index (κ3) is 1.35. The predicted molar refractivity (Wildman–Crippen MR) is 50.7 cm³/mol. The molecule has 0 aliphatic carbocycles. The molecule has 70 valence electrons. The highest BCUT2D eigenvalue weighted by molar-refractivity contribution is 5.58. The summed E-state index contributed by atoms with van der Waals surface area (Å²) in [6, 6.07) is 5.77. The van der Waals surface area contributed by atoms with E-state index in [1.54, 1.807) is 7.11 Å². The van der Waals surface area contributed by atoms with Gasteiger partial charge in [-0.15, -0.1) is 0 Å². The zero-order valence-corrected chi connectivity index (χ0v) is 7.62. The van der Waals surface area contributed by atoms with Crippen LogP contribution in [0.5, 0.6) is 5.75 Å². The molecule has 2 rings (SSSR count). The molecule has 1 aromatic carbocycles. The van der Waals surface area contributed by atoms with Gasteiger partial charge >= 0.3 is 0 Å². The van der Waals surface area contributed by atoms with E-state index in [9.17, 15) is 0 Å². The zero-order valence-electron chi connectivity index (χ0n) is 7.62. The smallest absolute Gasteiger partial charge is 0.147 e. The van der Waals surface area contributed by atoms with Crippen LogP contribution >= 0.6 is 0 Å². The van der Waals surface area contributed by atoms with Crippen molar-refractivity contribution in [2.24, 2.45) is 0 Å². The summed E-state index contributed by atoms with van der Waals surface area (Å²) in [5.41, 5.74) is 7.54. The van der Waals surface area contributed by atoms with Gasteiger partial charge in [-0.05, 0) is 6.07 Å². The van der Waals surface area contributed by atoms with E-state index >= 15 is 0 Å². The number of ether oxygens (including phenoxy) is 2. The van der Waals surface area contributed by atoms with Crippen LogP contribution < -0.4 is 10.5 Å². The number of nitrogens with two attached hydrogens (primary N) is 1. The molecule has 0 amide bonds. The Morgan fingerprint density at radius 2 is 2.38 bits per heavy atom. The fraction of sp³-hybridized carbons (Fsp3) is 0.400. The van der Waals surface area contributed by atoms with Crippen LogP contribution in [0, 0.1) is 0 Å². The van der Waals surface area contributed by atoms with Crippen LogP contribution in [-0.2, 0) is 4.74 Å². The van der Waals surface area contributed by atoms with Crippen molar-refractivity contribution in [1.82, 2.24) is 0 Å². The molecule has 0 unspecified atom stereocenters. The minimum absolute atomic E-state index is 0.132. The molecule has 3 heteroatoms. The number of fused-ring (bicyclic) bond motifs is 1. The minimum atomic E-state index is 0.132. The maximum absolute atomic E-state index is 5.78. The van der Waals surface area contributed by atoms with Crippen molar-refractivity contribution in [2.75, 3.05) is 19.5 Å². The highest BCUT2D eigenvalue weighted by Gasteiger charge is 2.22. The number of nitrogen functional groups attached to an aromatic ring is 1. The molecule has 0 spiro atoms. The molecule has 0 saturated carbocycles. The van der Waals surface area contributed by atoms with E-state index in [1.165, 1.54) is 0 Å². The van der Waals surface area contributed by atoms with Crippen LogP contribution in [0.2, 0.25) is 0 Å². The predicted octanol–water partition coefficient (Wildman–Crippen LogP) is 1.74. The number of para-hydroxylation sites is 1. The van der Waals surface area contributed by atoms with Gasteiger partial charge in [0.05, 0.1) is 18.4 Å². The van der Waals surface area contributed by atoms with Crippen molar-refractivity contribution >= 4 is 5.69 Å². The number of hydrogen-bond donors (Lipinski definition) is 1. The van der Waals surface area contributed by atoms with E-state index in [0.29, 0.717) is 12.3 Å².